The molecule has 0 aromatic heterocycles. The molecule has 1 nitrogen and oxygen atoms in total. The Morgan fingerprint density at radius 2 is 1.76 bits per heavy atom. The molecule has 1 N–H and O–H groups in total. The molecule has 0 aliphatic carbocycles. The summed E-state index contributed by atoms with van der Waals surface area (Å²) >= 11 is 5.97. The van der Waals surface area contributed by atoms with Crippen LogP contribution in [0.2, 0.25) is 5.02 Å². The topological polar surface area (TPSA) is 12.0 Å². The van der Waals surface area contributed by atoms with Crippen LogP contribution in [0.4, 0.5) is 4.39 Å². The molecule has 3 heteroatoms. The Balaban J connectivity index is 1.92. The molecule has 88 valence electrons. The molecule has 0 saturated heterocycles. The van der Waals surface area contributed by atoms with Crippen molar-refractivity contribution in [1.29, 1.82) is 0 Å². The molecule has 0 spiro atoms. The lowest BCUT2D eigenvalue weighted by atomic mass is 10.2. The average molecular weight is 250 g/mol. The Morgan fingerprint density at radius 1 is 1.00 bits per heavy atom. The van der Waals surface area contributed by atoms with Gasteiger partial charge >= 0.3 is 0 Å². The zero-order chi connectivity index (χ0) is 12.1. The van der Waals surface area contributed by atoms with Crippen molar-refractivity contribution >= 4 is 11.6 Å². The second kappa shape index (κ2) is 5.80. The fraction of sp³-hybridized carbons (Fsp3) is 0.143. The lowest BCUT2D eigenvalue weighted by molar-refractivity contribution is 0.620. The maximum atomic E-state index is 13.0. The third-order valence-electron chi connectivity index (χ3n) is 2.50. The Hall–Kier alpha value is -1.38. The predicted molar refractivity (Wildman–Crippen MR) is 68.4 cm³/mol. The van der Waals surface area contributed by atoms with Crippen LogP contribution >= 0.6 is 11.6 Å². The van der Waals surface area contributed by atoms with Crippen LogP contribution in [-0.4, -0.2) is 0 Å². The smallest absolute Gasteiger partial charge is 0.123 e. The number of nitrogens with one attached hydrogen (secondary N) is 1. The average Bonchev–Trinajstić information content (AvgIpc) is 2.35. The highest BCUT2D eigenvalue weighted by atomic mass is 35.5. The minimum atomic E-state index is -0.258. The van der Waals surface area contributed by atoms with E-state index in [1.807, 2.05) is 30.3 Å². The fourth-order valence-electron chi connectivity index (χ4n) is 1.62. The van der Waals surface area contributed by atoms with Crippen LogP contribution in [0, 0.1) is 5.82 Å². The van der Waals surface area contributed by atoms with Gasteiger partial charge in [-0.15, -0.1) is 0 Å². The summed E-state index contributed by atoms with van der Waals surface area (Å²) in [5, 5.41) is 3.82. The first-order valence-electron chi connectivity index (χ1n) is 5.44. The minimum Gasteiger partial charge on any atom is -0.309 e. The SMILES string of the molecule is Fc1ccc(Cl)c(CNCc2ccccc2)c1. The van der Waals surface area contributed by atoms with E-state index in [2.05, 4.69) is 5.32 Å². The number of halogens is 2. The number of hydrogen-bond donors (Lipinski definition) is 1. The first-order chi connectivity index (χ1) is 8.25. The van der Waals surface area contributed by atoms with Crippen LogP contribution in [-0.2, 0) is 13.1 Å². The van der Waals surface area contributed by atoms with E-state index in [0.29, 0.717) is 11.6 Å². The van der Waals surface area contributed by atoms with Gasteiger partial charge in [0.2, 0.25) is 0 Å². The van der Waals surface area contributed by atoms with Crippen molar-refractivity contribution in [2.75, 3.05) is 0 Å². The van der Waals surface area contributed by atoms with Crippen molar-refractivity contribution in [3.05, 3.63) is 70.5 Å². The third kappa shape index (κ3) is 3.55. The highest BCUT2D eigenvalue weighted by molar-refractivity contribution is 6.31. The lowest BCUT2D eigenvalue weighted by Gasteiger charge is -2.07. The largest absolute Gasteiger partial charge is 0.309 e. The molecule has 0 unspecified atom stereocenters. The van der Waals surface area contributed by atoms with E-state index in [9.17, 15) is 4.39 Å². The van der Waals surface area contributed by atoms with Gasteiger partial charge in [0.1, 0.15) is 5.82 Å². The molecule has 0 amide bonds. The van der Waals surface area contributed by atoms with Gasteiger partial charge in [-0.1, -0.05) is 41.9 Å². The Kier molecular flexibility index (Phi) is 4.13. The third-order valence-corrected chi connectivity index (χ3v) is 2.86. The van der Waals surface area contributed by atoms with Crippen LogP contribution in [0.15, 0.2) is 48.5 Å². The Morgan fingerprint density at radius 3 is 2.53 bits per heavy atom. The van der Waals surface area contributed by atoms with E-state index in [1.165, 1.54) is 17.7 Å². The van der Waals surface area contributed by atoms with Crippen LogP contribution in [0.5, 0.6) is 0 Å². The van der Waals surface area contributed by atoms with Crippen LogP contribution in [0.25, 0.3) is 0 Å². The first kappa shape index (κ1) is 12.1. The molecule has 0 atom stereocenters. The van der Waals surface area contributed by atoms with E-state index in [0.717, 1.165) is 12.1 Å². The van der Waals surface area contributed by atoms with E-state index in [-0.39, 0.29) is 5.82 Å². The summed E-state index contributed by atoms with van der Waals surface area (Å²) < 4.78 is 13.0. The number of hydrogen-bond acceptors (Lipinski definition) is 1. The summed E-state index contributed by atoms with van der Waals surface area (Å²) in [6, 6.07) is 14.4. The van der Waals surface area contributed by atoms with Gasteiger partial charge in [-0.05, 0) is 29.3 Å². The summed E-state index contributed by atoms with van der Waals surface area (Å²) in [5.41, 5.74) is 1.97. The number of rotatable bonds is 4. The van der Waals surface area contributed by atoms with Gasteiger partial charge in [-0.3, -0.25) is 0 Å². The van der Waals surface area contributed by atoms with Crippen molar-refractivity contribution < 1.29 is 4.39 Å². The molecule has 0 bridgehead atoms. The van der Waals surface area contributed by atoms with E-state index in [4.69, 9.17) is 11.6 Å². The molecule has 0 aliphatic rings. The van der Waals surface area contributed by atoms with Gasteiger partial charge in [0.05, 0.1) is 0 Å². The monoisotopic (exact) mass is 249 g/mol. The summed E-state index contributed by atoms with van der Waals surface area (Å²) in [6.07, 6.45) is 0. The zero-order valence-corrected chi connectivity index (χ0v) is 10.0. The molecule has 0 saturated carbocycles. The first-order valence-corrected chi connectivity index (χ1v) is 5.82. The summed E-state index contributed by atoms with van der Waals surface area (Å²) in [5.74, 6) is -0.258. The maximum absolute atomic E-state index is 13.0. The Bertz CT molecular complexity index is 485. The van der Waals surface area contributed by atoms with E-state index < -0.39 is 0 Å². The van der Waals surface area contributed by atoms with E-state index >= 15 is 0 Å². The van der Waals surface area contributed by atoms with Gasteiger partial charge in [-0.25, -0.2) is 4.39 Å². The minimum absolute atomic E-state index is 0.258. The van der Waals surface area contributed by atoms with Crippen molar-refractivity contribution in [3.8, 4) is 0 Å². The summed E-state index contributed by atoms with van der Waals surface area (Å²) in [4.78, 5) is 0. The quantitative estimate of drug-likeness (QED) is 0.870. The normalized spacial score (nSPS) is 10.5. The molecule has 0 fully saturated rings. The molecule has 0 aliphatic heterocycles. The van der Waals surface area contributed by atoms with Crippen molar-refractivity contribution in [1.82, 2.24) is 5.32 Å². The van der Waals surface area contributed by atoms with Gasteiger partial charge in [0.25, 0.3) is 0 Å². The second-order valence-electron chi connectivity index (χ2n) is 3.82. The zero-order valence-electron chi connectivity index (χ0n) is 9.29. The highest BCUT2D eigenvalue weighted by Crippen LogP contribution is 2.16. The van der Waals surface area contributed by atoms with Gasteiger partial charge in [0, 0.05) is 18.1 Å². The molecule has 2 aromatic rings. The fourth-order valence-corrected chi connectivity index (χ4v) is 1.80. The van der Waals surface area contributed by atoms with Gasteiger partial charge < -0.3 is 5.32 Å². The van der Waals surface area contributed by atoms with Crippen LogP contribution in [0.1, 0.15) is 11.1 Å². The van der Waals surface area contributed by atoms with Crippen molar-refractivity contribution in [3.63, 3.8) is 0 Å². The van der Waals surface area contributed by atoms with Crippen molar-refractivity contribution in [2.24, 2.45) is 0 Å². The van der Waals surface area contributed by atoms with Crippen LogP contribution < -0.4 is 5.32 Å². The molecular formula is C14H13ClFN. The maximum Gasteiger partial charge on any atom is 0.123 e. The number of benzene rings is 2. The predicted octanol–water partition coefficient (Wildman–Crippen LogP) is 3.77. The highest BCUT2D eigenvalue weighted by Gasteiger charge is 2.01. The van der Waals surface area contributed by atoms with E-state index in [1.54, 1.807) is 6.07 Å². The van der Waals surface area contributed by atoms with Crippen LogP contribution in [0.3, 0.4) is 0 Å². The molecular weight excluding hydrogens is 237 g/mol. The molecule has 2 rings (SSSR count). The molecule has 0 radical (unpaired) electrons. The molecule has 2 aromatic carbocycles. The summed E-state index contributed by atoms with van der Waals surface area (Å²) in [6.45, 7) is 1.30. The summed E-state index contributed by atoms with van der Waals surface area (Å²) in [7, 11) is 0. The van der Waals surface area contributed by atoms with Gasteiger partial charge in [-0.2, -0.15) is 0 Å². The second-order valence-corrected chi connectivity index (χ2v) is 4.23. The van der Waals surface area contributed by atoms with Crippen molar-refractivity contribution in [2.45, 2.75) is 13.1 Å². The molecule has 17 heavy (non-hydrogen) atoms. The standard InChI is InChI=1S/C14H13ClFN/c15-14-7-6-13(16)8-12(14)10-17-9-11-4-2-1-3-5-11/h1-8,17H,9-10H2. The molecule has 0 heterocycles. The lowest BCUT2D eigenvalue weighted by Crippen LogP contribution is -2.13. The Labute approximate surface area is 105 Å². The van der Waals surface area contributed by atoms with Gasteiger partial charge in [0.15, 0.2) is 0 Å².